The molecule has 0 amide bonds. The summed E-state index contributed by atoms with van der Waals surface area (Å²) in [6, 6.07) is 3.81. The number of hydrogen-bond acceptors (Lipinski definition) is 6. The van der Waals surface area contributed by atoms with Crippen LogP contribution in [0.5, 0.6) is 0 Å². The number of alkyl halides is 3. The Kier molecular flexibility index (Phi) is 6.07. The molecule has 1 aliphatic heterocycles. The fourth-order valence-electron chi connectivity index (χ4n) is 2.33. The van der Waals surface area contributed by atoms with Crippen molar-refractivity contribution in [1.29, 1.82) is 0 Å². The highest BCUT2D eigenvalue weighted by atomic mass is 19.4. The number of anilines is 1. The molecule has 0 aliphatic carbocycles. The van der Waals surface area contributed by atoms with Gasteiger partial charge in [-0.2, -0.15) is 13.2 Å². The van der Waals surface area contributed by atoms with Crippen LogP contribution in [0, 0.1) is 0 Å². The van der Waals surface area contributed by atoms with E-state index in [9.17, 15) is 13.2 Å². The Balaban J connectivity index is 0.000000277. The van der Waals surface area contributed by atoms with Crippen molar-refractivity contribution in [3.8, 4) is 0 Å². The maximum absolute atomic E-state index is 10.6. The average molecular weight is 357 g/mol. The van der Waals surface area contributed by atoms with E-state index in [1.807, 2.05) is 18.3 Å². The fraction of sp³-hybridized carbons (Fsp3) is 0.467. The van der Waals surface area contributed by atoms with Gasteiger partial charge < -0.3 is 10.0 Å². The number of aliphatic carboxylic acids is 1. The minimum absolute atomic E-state index is 0.356. The van der Waals surface area contributed by atoms with Crippen molar-refractivity contribution in [2.45, 2.75) is 31.6 Å². The molecule has 0 bridgehead atoms. The molecule has 0 saturated carbocycles. The molecule has 1 atom stereocenters. The van der Waals surface area contributed by atoms with Gasteiger partial charge in [-0.3, -0.25) is 5.32 Å². The normalized spacial score (nSPS) is 17.5. The van der Waals surface area contributed by atoms with E-state index < -0.39 is 12.1 Å². The Hall–Kier alpha value is -2.49. The number of nitrogens with one attached hydrogen (secondary N) is 1. The molecular formula is C15H18F3N5O2. The highest BCUT2D eigenvalue weighted by Crippen LogP contribution is 2.18. The molecule has 0 spiro atoms. The summed E-state index contributed by atoms with van der Waals surface area (Å²) >= 11 is 0. The lowest BCUT2D eigenvalue weighted by molar-refractivity contribution is -0.192. The van der Waals surface area contributed by atoms with Crippen LogP contribution in [0.15, 0.2) is 24.5 Å². The van der Waals surface area contributed by atoms with Crippen LogP contribution >= 0.6 is 0 Å². The number of carboxylic acid groups (broad SMARTS) is 1. The summed E-state index contributed by atoms with van der Waals surface area (Å²) in [6.45, 7) is 1.08. The monoisotopic (exact) mass is 357 g/mol. The molecule has 10 heteroatoms. The molecule has 3 rings (SSSR count). The molecule has 1 aliphatic rings. The van der Waals surface area contributed by atoms with Crippen molar-refractivity contribution in [3.05, 3.63) is 24.5 Å². The second-order valence-corrected chi connectivity index (χ2v) is 5.45. The smallest absolute Gasteiger partial charge is 0.475 e. The Morgan fingerprint density at radius 3 is 2.68 bits per heavy atom. The number of halogens is 3. The van der Waals surface area contributed by atoms with Crippen LogP contribution in [-0.4, -0.2) is 52.0 Å². The molecule has 1 unspecified atom stereocenters. The van der Waals surface area contributed by atoms with Crippen molar-refractivity contribution in [3.63, 3.8) is 0 Å². The van der Waals surface area contributed by atoms with E-state index in [-0.39, 0.29) is 0 Å². The SMILES string of the molecule is CN(c1cnc2cccnc2n1)C1CCCCN1.O=C(O)C(F)(F)F. The van der Waals surface area contributed by atoms with E-state index in [1.165, 1.54) is 12.8 Å². The largest absolute Gasteiger partial charge is 0.490 e. The molecule has 25 heavy (non-hydrogen) atoms. The van der Waals surface area contributed by atoms with Gasteiger partial charge in [0.05, 0.1) is 12.4 Å². The second-order valence-electron chi connectivity index (χ2n) is 5.45. The van der Waals surface area contributed by atoms with Gasteiger partial charge in [0.15, 0.2) is 11.5 Å². The van der Waals surface area contributed by atoms with Gasteiger partial charge in [-0.05, 0) is 37.9 Å². The van der Waals surface area contributed by atoms with Crippen LogP contribution in [0.1, 0.15) is 19.3 Å². The van der Waals surface area contributed by atoms with E-state index in [0.29, 0.717) is 11.8 Å². The van der Waals surface area contributed by atoms with Crippen LogP contribution in [-0.2, 0) is 4.79 Å². The lowest BCUT2D eigenvalue weighted by atomic mass is 10.1. The van der Waals surface area contributed by atoms with E-state index in [2.05, 4.69) is 32.2 Å². The molecule has 3 heterocycles. The number of fused-ring (bicyclic) bond motifs is 1. The number of pyridine rings is 1. The van der Waals surface area contributed by atoms with Crippen LogP contribution < -0.4 is 10.2 Å². The van der Waals surface area contributed by atoms with Crippen molar-refractivity contribution in [2.75, 3.05) is 18.5 Å². The predicted molar refractivity (Wildman–Crippen MR) is 85.1 cm³/mol. The van der Waals surface area contributed by atoms with E-state index in [1.54, 1.807) is 6.20 Å². The van der Waals surface area contributed by atoms with E-state index >= 15 is 0 Å². The first kappa shape index (κ1) is 18.8. The number of piperidine rings is 1. The molecular weight excluding hydrogens is 339 g/mol. The number of nitrogens with zero attached hydrogens (tertiary/aromatic N) is 4. The quantitative estimate of drug-likeness (QED) is 0.851. The van der Waals surface area contributed by atoms with Crippen molar-refractivity contribution in [1.82, 2.24) is 20.3 Å². The van der Waals surface area contributed by atoms with Crippen LogP contribution in [0.4, 0.5) is 19.0 Å². The van der Waals surface area contributed by atoms with Crippen LogP contribution in [0.2, 0.25) is 0 Å². The topological polar surface area (TPSA) is 91.2 Å². The zero-order chi connectivity index (χ0) is 18.4. The lowest BCUT2D eigenvalue weighted by Crippen LogP contribution is -2.46. The predicted octanol–water partition coefficient (Wildman–Crippen LogP) is 2.19. The summed E-state index contributed by atoms with van der Waals surface area (Å²) < 4.78 is 31.7. The number of aromatic nitrogens is 3. The van der Waals surface area contributed by atoms with Gasteiger partial charge >= 0.3 is 12.1 Å². The van der Waals surface area contributed by atoms with Gasteiger partial charge in [0.1, 0.15) is 5.52 Å². The molecule has 7 nitrogen and oxygen atoms in total. The van der Waals surface area contributed by atoms with Gasteiger partial charge in [0.2, 0.25) is 0 Å². The number of hydrogen-bond donors (Lipinski definition) is 2. The lowest BCUT2D eigenvalue weighted by Gasteiger charge is -2.32. The van der Waals surface area contributed by atoms with Crippen molar-refractivity contribution < 1.29 is 23.1 Å². The Labute approximate surface area is 141 Å². The van der Waals surface area contributed by atoms with Gasteiger partial charge in [-0.1, -0.05) is 0 Å². The molecule has 2 aromatic heterocycles. The summed E-state index contributed by atoms with van der Waals surface area (Å²) in [5.74, 6) is -1.88. The summed E-state index contributed by atoms with van der Waals surface area (Å²) in [7, 11) is 2.06. The maximum Gasteiger partial charge on any atom is 0.490 e. The first-order valence-electron chi connectivity index (χ1n) is 7.63. The Morgan fingerprint density at radius 2 is 2.08 bits per heavy atom. The first-order chi connectivity index (χ1) is 11.8. The van der Waals surface area contributed by atoms with Gasteiger partial charge in [-0.25, -0.2) is 19.7 Å². The standard InChI is InChI=1S/C13H17N5.C2HF3O2/c1-18(11-6-2-3-7-14-11)12-9-16-10-5-4-8-15-13(10)17-12;3-2(4,5)1(6)7/h4-5,8-9,11,14H,2-3,6-7H2,1H3;(H,6,7). The van der Waals surface area contributed by atoms with Gasteiger partial charge in [-0.15, -0.1) is 0 Å². The van der Waals surface area contributed by atoms with Gasteiger partial charge in [0, 0.05) is 13.2 Å². The molecule has 1 saturated heterocycles. The first-order valence-corrected chi connectivity index (χ1v) is 7.63. The number of carboxylic acids is 1. The summed E-state index contributed by atoms with van der Waals surface area (Å²) in [6.07, 6.45) is 2.52. The summed E-state index contributed by atoms with van der Waals surface area (Å²) in [5, 5.41) is 10.6. The summed E-state index contributed by atoms with van der Waals surface area (Å²) in [4.78, 5) is 24.3. The zero-order valence-electron chi connectivity index (χ0n) is 13.5. The molecule has 0 radical (unpaired) electrons. The third-order valence-corrected chi connectivity index (χ3v) is 3.66. The second kappa shape index (κ2) is 8.06. The Bertz CT molecular complexity index is 720. The number of carbonyl (C=O) groups is 1. The van der Waals surface area contributed by atoms with Gasteiger partial charge in [0.25, 0.3) is 0 Å². The molecule has 0 aromatic carbocycles. The Morgan fingerprint density at radius 1 is 1.36 bits per heavy atom. The third-order valence-electron chi connectivity index (χ3n) is 3.66. The molecule has 1 fully saturated rings. The highest BCUT2D eigenvalue weighted by Gasteiger charge is 2.38. The highest BCUT2D eigenvalue weighted by molar-refractivity contribution is 5.73. The van der Waals surface area contributed by atoms with E-state index in [4.69, 9.17) is 9.90 Å². The summed E-state index contributed by atoms with van der Waals surface area (Å²) in [5.41, 5.74) is 1.55. The van der Waals surface area contributed by atoms with Crippen LogP contribution in [0.25, 0.3) is 11.2 Å². The minimum atomic E-state index is -5.08. The molecule has 136 valence electrons. The average Bonchev–Trinajstić information content (AvgIpc) is 2.61. The molecule has 2 aromatic rings. The zero-order valence-corrected chi connectivity index (χ0v) is 13.5. The van der Waals surface area contributed by atoms with Crippen molar-refractivity contribution >= 4 is 23.0 Å². The third kappa shape index (κ3) is 5.24. The van der Waals surface area contributed by atoms with E-state index in [0.717, 1.165) is 24.3 Å². The van der Waals surface area contributed by atoms with Crippen molar-refractivity contribution in [2.24, 2.45) is 0 Å². The fourth-order valence-corrected chi connectivity index (χ4v) is 2.33. The maximum atomic E-state index is 10.6. The molecule has 2 N–H and O–H groups in total. The minimum Gasteiger partial charge on any atom is -0.475 e. The number of rotatable bonds is 2. The van der Waals surface area contributed by atoms with Crippen LogP contribution in [0.3, 0.4) is 0 Å².